The summed E-state index contributed by atoms with van der Waals surface area (Å²) in [6.45, 7) is 0.178. The van der Waals surface area contributed by atoms with Gasteiger partial charge < -0.3 is 14.1 Å². The van der Waals surface area contributed by atoms with Crippen molar-refractivity contribution in [3.63, 3.8) is 0 Å². The van der Waals surface area contributed by atoms with Crippen molar-refractivity contribution in [2.45, 2.75) is 6.54 Å². The summed E-state index contributed by atoms with van der Waals surface area (Å²) in [5, 5.41) is 0. The van der Waals surface area contributed by atoms with Crippen molar-refractivity contribution < 1.29 is 14.3 Å². The maximum atomic E-state index is 11.0. The van der Waals surface area contributed by atoms with Gasteiger partial charge in [0.25, 0.3) is 0 Å². The molecule has 1 rings (SSSR count). The first-order valence-corrected chi connectivity index (χ1v) is 3.46. The molecule has 4 nitrogen and oxygen atoms in total. The first-order valence-electron chi connectivity index (χ1n) is 3.46. The smallest absolute Gasteiger partial charge is 0.354 e. The molecule has 0 bridgehead atoms. The van der Waals surface area contributed by atoms with Gasteiger partial charge in [-0.3, -0.25) is 0 Å². The summed E-state index contributed by atoms with van der Waals surface area (Å²) >= 11 is 0. The number of methoxy groups -OCH3 is 1. The maximum Gasteiger partial charge on any atom is 0.354 e. The van der Waals surface area contributed by atoms with Crippen LogP contribution in [0.15, 0.2) is 18.3 Å². The molecular formula is C8H9NO3. The predicted molar refractivity (Wildman–Crippen MR) is 41.8 cm³/mol. The normalized spacial score (nSPS) is 9.42. The molecule has 0 aliphatic heterocycles. The van der Waals surface area contributed by atoms with Crippen LogP contribution < -0.4 is 0 Å². The van der Waals surface area contributed by atoms with Gasteiger partial charge in [-0.05, 0) is 12.1 Å². The Morgan fingerprint density at radius 3 is 3.08 bits per heavy atom. The fourth-order valence-electron chi connectivity index (χ4n) is 0.943. The van der Waals surface area contributed by atoms with Gasteiger partial charge in [0.1, 0.15) is 12.0 Å². The third-order valence-corrected chi connectivity index (χ3v) is 1.50. The van der Waals surface area contributed by atoms with E-state index in [0.29, 0.717) is 5.69 Å². The summed E-state index contributed by atoms with van der Waals surface area (Å²) in [5.74, 6) is -0.429. The van der Waals surface area contributed by atoms with Gasteiger partial charge in [0.05, 0.1) is 13.7 Å². The van der Waals surface area contributed by atoms with Crippen LogP contribution in [0.4, 0.5) is 0 Å². The maximum absolute atomic E-state index is 11.0. The molecule has 0 aliphatic carbocycles. The lowest BCUT2D eigenvalue weighted by atomic mass is 10.4. The molecule has 64 valence electrons. The highest BCUT2D eigenvalue weighted by Gasteiger charge is 2.09. The van der Waals surface area contributed by atoms with E-state index in [4.69, 9.17) is 0 Å². The van der Waals surface area contributed by atoms with Crippen molar-refractivity contribution in [1.82, 2.24) is 4.57 Å². The minimum atomic E-state index is -0.429. The van der Waals surface area contributed by atoms with E-state index in [0.717, 1.165) is 6.29 Å². The van der Waals surface area contributed by atoms with Crippen molar-refractivity contribution >= 4 is 12.3 Å². The van der Waals surface area contributed by atoms with E-state index in [-0.39, 0.29) is 6.54 Å². The summed E-state index contributed by atoms with van der Waals surface area (Å²) in [7, 11) is 1.31. The van der Waals surface area contributed by atoms with Crippen molar-refractivity contribution in [3.05, 3.63) is 24.0 Å². The van der Waals surface area contributed by atoms with Crippen LogP contribution in [0.5, 0.6) is 0 Å². The number of carbonyl (C=O) groups excluding carboxylic acids is 2. The topological polar surface area (TPSA) is 48.3 Å². The molecule has 0 atom stereocenters. The average molecular weight is 167 g/mol. The Kier molecular flexibility index (Phi) is 2.63. The van der Waals surface area contributed by atoms with E-state index in [1.165, 1.54) is 11.7 Å². The van der Waals surface area contributed by atoms with Crippen LogP contribution in [0.3, 0.4) is 0 Å². The molecule has 1 aromatic heterocycles. The molecule has 1 heterocycles. The largest absolute Gasteiger partial charge is 0.464 e. The number of nitrogens with zero attached hydrogens (tertiary/aromatic N) is 1. The van der Waals surface area contributed by atoms with Crippen LogP contribution >= 0.6 is 0 Å². The zero-order valence-corrected chi connectivity index (χ0v) is 6.69. The summed E-state index contributed by atoms with van der Waals surface area (Å²) in [5.41, 5.74) is 0.393. The van der Waals surface area contributed by atoms with Gasteiger partial charge in [0, 0.05) is 6.20 Å². The Bertz CT molecular complexity index is 290. The fourth-order valence-corrected chi connectivity index (χ4v) is 0.943. The van der Waals surface area contributed by atoms with Gasteiger partial charge in [-0.1, -0.05) is 0 Å². The number of hydrogen-bond acceptors (Lipinski definition) is 3. The Hall–Kier alpha value is -1.58. The van der Waals surface area contributed by atoms with E-state index in [1.54, 1.807) is 18.3 Å². The van der Waals surface area contributed by atoms with Gasteiger partial charge in [-0.25, -0.2) is 4.79 Å². The molecule has 0 spiro atoms. The van der Waals surface area contributed by atoms with Crippen LogP contribution in [0.25, 0.3) is 0 Å². The van der Waals surface area contributed by atoms with Crippen molar-refractivity contribution in [2.24, 2.45) is 0 Å². The Balaban J connectivity index is 2.90. The monoisotopic (exact) mass is 167 g/mol. The van der Waals surface area contributed by atoms with E-state index in [1.807, 2.05) is 0 Å². The second-order valence-electron chi connectivity index (χ2n) is 2.20. The van der Waals surface area contributed by atoms with E-state index >= 15 is 0 Å². The summed E-state index contributed by atoms with van der Waals surface area (Å²) in [6, 6.07) is 3.30. The zero-order valence-electron chi connectivity index (χ0n) is 6.69. The molecule has 0 unspecified atom stereocenters. The highest BCUT2D eigenvalue weighted by molar-refractivity contribution is 5.87. The Labute approximate surface area is 69.7 Å². The molecular weight excluding hydrogens is 158 g/mol. The third-order valence-electron chi connectivity index (χ3n) is 1.50. The predicted octanol–water partition coefficient (Wildman–Crippen LogP) is 0.474. The lowest BCUT2D eigenvalue weighted by Crippen LogP contribution is -2.10. The fraction of sp³-hybridized carbons (Fsp3) is 0.250. The Morgan fingerprint density at radius 1 is 1.75 bits per heavy atom. The van der Waals surface area contributed by atoms with Crippen LogP contribution in [-0.2, 0) is 16.1 Å². The number of carbonyl (C=O) groups is 2. The average Bonchev–Trinajstić information content (AvgIpc) is 2.52. The van der Waals surface area contributed by atoms with Gasteiger partial charge in [-0.2, -0.15) is 0 Å². The molecule has 0 N–H and O–H groups in total. The van der Waals surface area contributed by atoms with Gasteiger partial charge in [-0.15, -0.1) is 0 Å². The van der Waals surface area contributed by atoms with Gasteiger partial charge in [0.15, 0.2) is 0 Å². The molecule has 1 aromatic rings. The lowest BCUT2D eigenvalue weighted by molar-refractivity contribution is -0.108. The molecule has 0 aromatic carbocycles. The van der Waals surface area contributed by atoms with Gasteiger partial charge in [0.2, 0.25) is 0 Å². The molecule has 0 amide bonds. The summed E-state index contributed by atoms with van der Waals surface area (Å²) in [6.07, 6.45) is 2.38. The van der Waals surface area contributed by atoms with Crippen LogP contribution in [0.1, 0.15) is 10.5 Å². The van der Waals surface area contributed by atoms with E-state index in [2.05, 4.69) is 4.74 Å². The molecule has 0 radical (unpaired) electrons. The second-order valence-corrected chi connectivity index (χ2v) is 2.20. The lowest BCUT2D eigenvalue weighted by Gasteiger charge is -2.01. The van der Waals surface area contributed by atoms with Crippen molar-refractivity contribution in [1.29, 1.82) is 0 Å². The van der Waals surface area contributed by atoms with Crippen LogP contribution in [0, 0.1) is 0 Å². The SMILES string of the molecule is COC(=O)c1cccn1CC=O. The van der Waals surface area contributed by atoms with Crippen molar-refractivity contribution in [2.75, 3.05) is 7.11 Å². The third kappa shape index (κ3) is 1.53. The molecule has 12 heavy (non-hydrogen) atoms. The molecule has 0 aliphatic rings. The molecule has 0 saturated carbocycles. The van der Waals surface area contributed by atoms with E-state index in [9.17, 15) is 9.59 Å². The van der Waals surface area contributed by atoms with Gasteiger partial charge >= 0.3 is 5.97 Å². The first kappa shape index (κ1) is 8.52. The highest BCUT2D eigenvalue weighted by atomic mass is 16.5. The number of rotatable bonds is 3. The summed E-state index contributed by atoms with van der Waals surface area (Å²) in [4.78, 5) is 21.2. The van der Waals surface area contributed by atoms with Crippen molar-refractivity contribution in [3.8, 4) is 0 Å². The molecule has 0 fully saturated rings. The Morgan fingerprint density at radius 2 is 2.50 bits per heavy atom. The summed E-state index contributed by atoms with van der Waals surface area (Å²) < 4.78 is 6.03. The highest BCUT2D eigenvalue weighted by Crippen LogP contribution is 2.02. The first-order chi connectivity index (χ1) is 5.79. The molecule has 4 heteroatoms. The van der Waals surface area contributed by atoms with Crippen LogP contribution in [-0.4, -0.2) is 23.9 Å². The number of aldehydes is 1. The van der Waals surface area contributed by atoms with E-state index < -0.39 is 5.97 Å². The minimum Gasteiger partial charge on any atom is -0.464 e. The quantitative estimate of drug-likeness (QED) is 0.485. The zero-order chi connectivity index (χ0) is 8.97. The number of aromatic nitrogens is 1. The standard InChI is InChI=1S/C8H9NO3/c1-12-8(11)7-3-2-4-9(7)5-6-10/h2-4,6H,5H2,1H3. The number of hydrogen-bond donors (Lipinski definition) is 0. The minimum absolute atomic E-state index is 0.178. The number of esters is 1. The van der Waals surface area contributed by atoms with Crippen LogP contribution in [0.2, 0.25) is 0 Å². The second kappa shape index (κ2) is 3.71. The molecule has 0 saturated heterocycles. The number of ether oxygens (including phenoxy) is 1.